The highest BCUT2D eigenvalue weighted by Gasteiger charge is 2.34. The predicted octanol–water partition coefficient (Wildman–Crippen LogP) is 2.53. The van der Waals surface area contributed by atoms with E-state index >= 15 is 0 Å². The van der Waals surface area contributed by atoms with Gasteiger partial charge < -0.3 is 9.42 Å². The second-order valence-electron chi connectivity index (χ2n) is 6.42. The zero-order chi connectivity index (χ0) is 17.1. The van der Waals surface area contributed by atoms with Crippen molar-refractivity contribution in [1.82, 2.24) is 19.9 Å². The third-order valence-electron chi connectivity index (χ3n) is 4.63. The molecule has 24 heavy (non-hydrogen) atoms. The molecule has 3 rings (SSSR count). The second kappa shape index (κ2) is 7.00. The molecule has 0 unspecified atom stereocenters. The Hall–Kier alpha value is -2.41. The fraction of sp³-hybridized carbons (Fsp3) is 0.471. The SMILES string of the molecule is Cc1conc1NC(=O)N(C)C[C@@H]1CCN(C)[C@H]1c1cccnc1. The predicted molar refractivity (Wildman–Crippen MR) is 90.6 cm³/mol. The van der Waals surface area contributed by atoms with Crippen LogP contribution < -0.4 is 5.32 Å². The van der Waals surface area contributed by atoms with Crippen LogP contribution in [0.3, 0.4) is 0 Å². The maximum absolute atomic E-state index is 12.4. The molecular formula is C17H23N5O2. The summed E-state index contributed by atoms with van der Waals surface area (Å²) in [7, 11) is 3.93. The van der Waals surface area contributed by atoms with Crippen LogP contribution in [0.4, 0.5) is 10.6 Å². The molecule has 0 spiro atoms. The normalized spacial score (nSPS) is 21.0. The van der Waals surface area contributed by atoms with E-state index in [0.29, 0.717) is 18.3 Å². The lowest BCUT2D eigenvalue weighted by atomic mass is 9.94. The van der Waals surface area contributed by atoms with Gasteiger partial charge in [-0.2, -0.15) is 0 Å². The van der Waals surface area contributed by atoms with Crippen LogP contribution in [-0.4, -0.2) is 53.2 Å². The first kappa shape index (κ1) is 16.4. The number of carbonyl (C=O) groups is 1. The van der Waals surface area contributed by atoms with Gasteiger partial charge in [-0.05, 0) is 44.5 Å². The van der Waals surface area contributed by atoms with Crippen molar-refractivity contribution in [3.8, 4) is 0 Å². The van der Waals surface area contributed by atoms with Gasteiger partial charge in [-0.3, -0.25) is 15.2 Å². The van der Waals surface area contributed by atoms with Crippen LogP contribution in [0.5, 0.6) is 0 Å². The number of anilines is 1. The van der Waals surface area contributed by atoms with E-state index < -0.39 is 0 Å². The monoisotopic (exact) mass is 329 g/mol. The lowest BCUT2D eigenvalue weighted by molar-refractivity contribution is 0.200. The van der Waals surface area contributed by atoms with Crippen LogP contribution in [-0.2, 0) is 0 Å². The second-order valence-corrected chi connectivity index (χ2v) is 6.42. The average Bonchev–Trinajstić information content (AvgIpc) is 3.14. The lowest BCUT2D eigenvalue weighted by Gasteiger charge is -2.28. The van der Waals surface area contributed by atoms with Crippen LogP contribution in [0, 0.1) is 12.8 Å². The van der Waals surface area contributed by atoms with Crippen LogP contribution >= 0.6 is 0 Å². The van der Waals surface area contributed by atoms with Crippen molar-refractivity contribution in [2.45, 2.75) is 19.4 Å². The number of aromatic nitrogens is 2. The van der Waals surface area contributed by atoms with Crippen LogP contribution in [0.1, 0.15) is 23.6 Å². The number of aryl methyl sites for hydroxylation is 1. The van der Waals surface area contributed by atoms with E-state index in [-0.39, 0.29) is 12.1 Å². The Balaban J connectivity index is 1.65. The van der Waals surface area contributed by atoms with Crippen molar-refractivity contribution in [3.63, 3.8) is 0 Å². The van der Waals surface area contributed by atoms with Gasteiger partial charge in [-0.25, -0.2) is 4.79 Å². The molecule has 0 aliphatic carbocycles. The van der Waals surface area contributed by atoms with Gasteiger partial charge in [-0.1, -0.05) is 11.2 Å². The minimum atomic E-state index is -0.175. The van der Waals surface area contributed by atoms with E-state index in [1.807, 2.05) is 26.2 Å². The molecule has 7 nitrogen and oxygen atoms in total. The number of rotatable bonds is 4. The fourth-order valence-electron chi connectivity index (χ4n) is 3.33. The molecule has 1 saturated heterocycles. The zero-order valence-corrected chi connectivity index (χ0v) is 14.3. The molecule has 2 aromatic heterocycles. The molecule has 2 aromatic rings. The Morgan fingerprint density at radius 3 is 3.04 bits per heavy atom. The molecule has 1 aliphatic heterocycles. The number of urea groups is 1. The summed E-state index contributed by atoms with van der Waals surface area (Å²) < 4.78 is 4.85. The molecule has 128 valence electrons. The Morgan fingerprint density at radius 1 is 1.54 bits per heavy atom. The summed E-state index contributed by atoms with van der Waals surface area (Å²) >= 11 is 0. The van der Waals surface area contributed by atoms with Gasteiger partial charge in [0, 0.05) is 37.6 Å². The van der Waals surface area contributed by atoms with Gasteiger partial charge in [0.25, 0.3) is 0 Å². The quantitative estimate of drug-likeness (QED) is 0.933. The molecule has 0 saturated carbocycles. The molecule has 0 radical (unpaired) electrons. The maximum Gasteiger partial charge on any atom is 0.322 e. The zero-order valence-electron chi connectivity index (χ0n) is 14.3. The summed E-state index contributed by atoms with van der Waals surface area (Å²) in [6.07, 6.45) is 6.27. The third kappa shape index (κ3) is 3.41. The topological polar surface area (TPSA) is 74.5 Å². The van der Waals surface area contributed by atoms with Crippen molar-refractivity contribution >= 4 is 11.8 Å². The number of hydrogen-bond acceptors (Lipinski definition) is 5. The summed E-state index contributed by atoms with van der Waals surface area (Å²) in [4.78, 5) is 20.7. The van der Waals surface area contributed by atoms with Gasteiger partial charge in [0.1, 0.15) is 6.26 Å². The van der Waals surface area contributed by atoms with Gasteiger partial charge in [0.05, 0.1) is 0 Å². The first-order chi connectivity index (χ1) is 11.6. The molecule has 1 aliphatic rings. The third-order valence-corrected chi connectivity index (χ3v) is 4.63. The smallest absolute Gasteiger partial charge is 0.322 e. The number of amides is 2. The number of likely N-dealkylation sites (tertiary alicyclic amines) is 1. The highest BCUT2D eigenvalue weighted by Crippen LogP contribution is 2.36. The summed E-state index contributed by atoms with van der Waals surface area (Å²) in [5.74, 6) is 0.840. The van der Waals surface area contributed by atoms with Gasteiger partial charge in [-0.15, -0.1) is 0 Å². The number of nitrogens with zero attached hydrogens (tertiary/aromatic N) is 4. The molecule has 1 fully saturated rings. The highest BCUT2D eigenvalue weighted by molar-refractivity contribution is 5.88. The number of hydrogen-bond donors (Lipinski definition) is 1. The standard InChI is InChI=1S/C17H23N5O2/c1-12-11-24-20-16(12)19-17(23)22(3)10-14-6-8-21(2)15(14)13-5-4-7-18-9-13/h4-5,7,9,11,14-15H,6,8,10H2,1-3H3,(H,19,20,23)/t14-,15-/m0/s1. The van der Waals surface area contributed by atoms with Gasteiger partial charge in [0.2, 0.25) is 0 Å². The van der Waals surface area contributed by atoms with Gasteiger partial charge >= 0.3 is 6.03 Å². The highest BCUT2D eigenvalue weighted by atomic mass is 16.5. The first-order valence-electron chi connectivity index (χ1n) is 8.09. The molecule has 2 amide bonds. The van der Waals surface area contributed by atoms with Crippen molar-refractivity contribution < 1.29 is 9.32 Å². The van der Waals surface area contributed by atoms with E-state index in [0.717, 1.165) is 18.5 Å². The van der Waals surface area contributed by atoms with Gasteiger partial charge in [0.15, 0.2) is 5.82 Å². The van der Waals surface area contributed by atoms with Crippen molar-refractivity contribution in [3.05, 3.63) is 41.9 Å². The summed E-state index contributed by atoms with van der Waals surface area (Å²) in [6.45, 7) is 3.53. The molecule has 2 atom stereocenters. The number of carbonyl (C=O) groups excluding carboxylic acids is 1. The first-order valence-corrected chi connectivity index (χ1v) is 8.09. The van der Waals surface area contributed by atoms with Crippen molar-refractivity contribution in [1.29, 1.82) is 0 Å². The minimum Gasteiger partial charge on any atom is -0.362 e. The molecule has 1 N–H and O–H groups in total. The average molecular weight is 329 g/mol. The minimum absolute atomic E-state index is 0.175. The molecule has 0 bridgehead atoms. The molecule has 7 heteroatoms. The molecular weight excluding hydrogens is 306 g/mol. The van der Waals surface area contributed by atoms with E-state index in [1.54, 1.807) is 11.1 Å². The molecule has 0 aromatic carbocycles. The Kier molecular flexibility index (Phi) is 4.80. The molecule has 3 heterocycles. The van der Waals surface area contributed by atoms with Crippen molar-refractivity contribution in [2.75, 3.05) is 32.5 Å². The van der Waals surface area contributed by atoms with E-state index in [9.17, 15) is 4.79 Å². The lowest BCUT2D eigenvalue weighted by Crippen LogP contribution is -2.37. The van der Waals surface area contributed by atoms with E-state index in [4.69, 9.17) is 4.52 Å². The Bertz CT molecular complexity index is 687. The Morgan fingerprint density at radius 2 is 2.38 bits per heavy atom. The number of nitrogens with one attached hydrogen (secondary N) is 1. The summed E-state index contributed by atoms with van der Waals surface area (Å²) in [5.41, 5.74) is 2.01. The summed E-state index contributed by atoms with van der Waals surface area (Å²) in [5, 5.41) is 6.58. The number of pyridine rings is 1. The fourth-order valence-corrected chi connectivity index (χ4v) is 3.33. The summed E-state index contributed by atoms with van der Waals surface area (Å²) in [6, 6.07) is 4.17. The van der Waals surface area contributed by atoms with Crippen LogP contribution in [0.15, 0.2) is 35.3 Å². The van der Waals surface area contributed by atoms with Crippen LogP contribution in [0.25, 0.3) is 0 Å². The van der Waals surface area contributed by atoms with E-state index in [2.05, 4.69) is 33.5 Å². The largest absolute Gasteiger partial charge is 0.362 e. The van der Waals surface area contributed by atoms with E-state index in [1.165, 1.54) is 11.8 Å². The van der Waals surface area contributed by atoms with Crippen LogP contribution in [0.2, 0.25) is 0 Å². The van der Waals surface area contributed by atoms with Crippen molar-refractivity contribution in [2.24, 2.45) is 5.92 Å². The Labute approximate surface area is 141 Å². The maximum atomic E-state index is 12.4.